The van der Waals surface area contributed by atoms with E-state index in [-0.39, 0.29) is 22.3 Å². The van der Waals surface area contributed by atoms with Crippen LogP contribution in [0, 0.1) is 13.8 Å². The van der Waals surface area contributed by atoms with Gasteiger partial charge in [0.05, 0.1) is 29.7 Å². The SMILES string of the molecule is COc1ccc(C(=O)OC(C)C(=O)Nc2c(C)nn(C)c2C)cc1S(=O)(=O)NC1CCCC1. The molecule has 0 saturated heterocycles. The van der Waals surface area contributed by atoms with Gasteiger partial charge in [-0.25, -0.2) is 17.9 Å². The first-order valence-electron chi connectivity index (χ1n) is 10.8. The molecule has 2 N–H and O–H groups in total. The number of aromatic nitrogens is 2. The van der Waals surface area contributed by atoms with Gasteiger partial charge >= 0.3 is 5.97 Å². The number of benzene rings is 1. The molecular weight excluding hydrogens is 448 g/mol. The largest absolute Gasteiger partial charge is 0.495 e. The topological polar surface area (TPSA) is 129 Å². The lowest BCUT2D eigenvalue weighted by molar-refractivity contribution is -0.123. The first kappa shape index (κ1) is 24.7. The molecule has 1 saturated carbocycles. The van der Waals surface area contributed by atoms with Crippen LogP contribution < -0.4 is 14.8 Å². The minimum absolute atomic E-state index is 0.00372. The van der Waals surface area contributed by atoms with Crippen molar-refractivity contribution < 1.29 is 27.5 Å². The van der Waals surface area contributed by atoms with Crippen LogP contribution in [0.5, 0.6) is 5.75 Å². The van der Waals surface area contributed by atoms with Gasteiger partial charge in [-0.15, -0.1) is 0 Å². The van der Waals surface area contributed by atoms with E-state index in [4.69, 9.17) is 9.47 Å². The van der Waals surface area contributed by atoms with Crippen molar-refractivity contribution in [1.29, 1.82) is 0 Å². The lowest BCUT2D eigenvalue weighted by Gasteiger charge is -2.17. The number of hydrogen-bond acceptors (Lipinski definition) is 7. The number of aryl methyl sites for hydroxylation is 2. The van der Waals surface area contributed by atoms with E-state index in [0.717, 1.165) is 31.4 Å². The Morgan fingerprint density at radius 2 is 1.88 bits per heavy atom. The number of nitrogens with one attached hydrogen (secondary N) is 2. The summed E-state index contributed by atoms with van der Waals surface area (Å²) in [5.74, 6) is -1.23. The number of rotatable bonds is 8. The quantitative estimate of drug-likeness (QED) is 0.558. The molecule has 180 valence electrons. The maximum atomic E-state index is 12.9. The second-order valence-electron chi connectivity index (χ2n) is 8.17. The molecule has 1 unspecified atom stereocenters. The summed E-state index contributed by atoms with van der Waals surface area (Å²) in [4.78, 5) is 25.1. The molecule has 1 heterocycles. The van der Waals surface area contributed by atoms with Gasteiger partial charge in [-0.2, -0.15) is 5.10 Å². The Balaban J connectivity index is 1.75. The highest BCUT2D eigenvalue weighted by molar-refractivity contribution is 7.89. The van der Waals surface area contributed by atoms with Gasteiger partial charge in [0.25, 0.3) is 5.91 Å². The number of sulfonamides is 1. The van der Waals surface area contributed by atoms with Crippen LogP contribution >= 0.6 is 0 Å². The van der Waals surface area contributed by atoms with Gasteiger partial charge in [0, 0.05) is 13.1 Å². The van der Waals surface area contributed by atoms with Crippen molar-refractivity contribution in [3.8, 4) is 5.75 Å². The van der Waals surface area contributed by atoms with E-state index in [1.165, 1.54) is 32.2 Å². The minimum atomic E-state index is -3.91. The van der Waals surface area contributed by atoms with E-state index in [9.17, 15) is 18.0 Å². The maximum absolute atomic E-state index is 12.9. The van der Waals surface area contributed by atoms with E-state index in [1.54, 1.807) is 18.7 Å². The predicted molar refractivity (Wildman–Crippen MR) is 122 cm³/mol. The van der Waals surface area contributed by atoms with Crippen molar-refractivity contribution >= 4 is 27.6 Å². The van der Waals surface area contributed by atoms with Crippen molar-refractivity contribution in [3.63, 3.8) is 0 Å². The Morgan fingerprint density at radius 3 is 2.45 bits per heavy atom. The molecule has 1 aliphatic rings. The molecule has 2 aromatic rings. The lowest BCUT2D eigenvalue weighted by Crippen LogP contribution is -2.33. The summed E-state index contributed by atoms with van der Waals surface area (Å²) in [6.07, 6.45) is 2.36. The van der Waals surface area contributed by atoms with Crippen molar-refractivity contribution in [1.82, 2.24) is 14.5 Å². The molecule has 1 fully saturated rings. The van der Waals surface area contributed by atoms with E-state index in [2.05, 4.69) is 15.1 Å². The Morgan fingerprint density at radius 1 is 1.21 bits per heavy atom. The Labute approximate surface area is 193 Å². The summed E-state index contributed by atoms with van der Waals surface area (Å²) >= 11 is 0. The number of hydrogen-bond donors (Lipinski definition) is 2. The highest BCUT2D eigenvalue weighted by Gasteiger charge is 2.28. The second-order valence-corrected chi connectivity index (χ2v) is 9.86. The van der Waals surface area contributed by atoms with Crippen LogP contribution in [0.2, 0.25) is 0 Å². The van der Waals surface area contributed by atoms with Crippen molar-refractivity contribution in [2.45, 2.75) is 63.5 Å². The monoisotopic (exact) mass is 478 g/mol. The molecule has 0 spiro atoms. The summed E-state index contributed by atoms with van der Waals surface area (Å²) < 4.78 is 40.7. The Kier molecular flexibility index (Phi) is 7.43. The molecule has 1 amide bonds. The van der Waals surface area contributed by atoms with Gasteiger partial charge in [-0.3, -0.25) is 9.48 Å². The summed E-state index contributed by atoms with van der Waals surface area (Å²) in [5.41, 5.74) is 1.96. The average Bonchev–Trinajstić information content (AvgIpc) is 3.35. The molecule has 0 bridgehead atoms. The third kappa shape index (κ3) is 5.53. The third-order valence-corrected chi connectivity index (χ3v) is 7.32. The summed E-state index contributed by atoms with van der Waals surface area (Å²) in [7, 11) is -0.786. The highest BCUT2D eigenvalue weighted by Crippen LogP contribution is 2.28. The highest BCUT2D eigenvalue weighted by atomic mass is 32.2. The molecule has 1 atom stereocenters. The van der Waals surface area contributed by atoms with Gasteiger partial charge in [0.2, 0.25) is 10.0 Å². The molecule has 3 rings (SSSR count). The van der Waals surface area contributed by atoms with E-state index in [0.29, 0.717) is 11.4 Å². The number of carbonyl (C=O) groups is 2. The predicted octanol–water partition coefficient (Wildman–Crippen LogP) is 2.45. The molecule has 33 heavy (non-hydrogen) atoms. The van der Waals surface area contributed by atoms with Gasteiger partial charge in [0.1, 0.15) is 10.6 Å². The first-order valence-corrected chi connectivity index (χ1v) is 12.2. The molecule has 0 radical (unpaired) electrons. The van der Waals surface area contributed by atoms with Gasteiger partial charge < -0.3 is 14.8 Å². The summed E-state index contributed by atoms with van der Waals surface area (Å²) in [6, 6.07) is 3.86. The zero-order chi connectivity index (χ0) is 24.3. The van der Waals surface area contributed by atoms with Crippen LogP contribution in [0.15, 0.2) is 23.1 Å². The fraction of sp³-hybridized carbons (Fsp3) is 0.500. The molecule has 1 aromatic heterocycles. The Hall–Kier alpha value is -2.92. The number of amides is 1. The molecule has 11 heteroatoms. The molecule has 1 aliphatic carbocycles. The number of anilines is 1. The van der Waals surface area contributed by atoms with E-state index in [1.807, 2.05) is 6.92 Å². The van der Waals surface area contributed by atoms with E-state index >= 15 is 0 Å². The molecule has 1 aromatic carbocycles. The summed E-state index contributed by atoms with van der Waals surface area (Å²) in [5, 5.41) is 6.96. The fourth-order valence-corrected chi connectivity index (χ4v) is 5.30. The van der Waals surface area contributed by atoms with Crippen molar-refractivity contribution in [3.05, 3.63) is 35.2 Å². The van der Waals surface area contributed by atoms with E-state index < -0.39 is 28.0 Å². The van der Waals surface area contributed by atoms with Crippen LogP contribution in [-0.4, -0.2) is 49.3 Å². The van der Waals surface area contributed by atoms with Crippen LogP contribution in [0.25, 0.3) is 0 Å². The first-order chi connectivity index (χ1) is 15.5. The molecule has 0 aliphatic heterocycles. The van der Waals surface area contributed by atoms with Gasteiger partial charge in [-0.1, -0.05) is 12.8 Å². The lowest BCUT2D eigenvalue weighted by atomic mass is 10.2. The Bertz CT molecular complexity index is 1150. The number of ether oxygens (including phenoxy) is 2. The van der Waals surface area contributed by atoms with Crippen molar-refractivity contribution in [2.24, 2.45) is 7.05 Å². The maximum Gasteiger partial charge on any atom is 0.338 e. The number of methoxy groups -OCH3 is 1. The summed E-state index contributed by atoms with van der Waals surface area (Å²) in [6.45, 7) is 5.01. The average molecular weight is 479 g/mol. The standard InChI is InChI=1S/C22H30N4O6S/c1-13-20(14(2)26(4)24-13)23-21(27)15(3)32-22(28)16-10-11-18(31-5)19(12-16)33(29,30)25-17-8-6-7-9-17/h10-12,15,17,25H,6-9H2,1-5H3,(H,23,27). The zero-order valence-corrected chi connectivity index (χ0v) is 20.3. The van der Waals surface area contributed by atoms with Crippen LogP contribution in [-0.2, 0) is 26.6 Å². The van der Waals surface area contributed by atoms with Crippen molar-refractivity contribution in [2.75, 3.05) is 12.4 Å². The van der Waals surface area contributed by atoms with Gasteiger partial charge in [-0.05, 0) is 51.8 Å². The van der Waals surface area contributed by atoms with Crippen LogP contribution in [0.4, 0.5) is 5.69 Å². The zero-order valence-electron chi connectivity index (χ0n) is 19.5. The minimum Gasteiger partial charge on any atom is -0.495 e. The molecular formula is C22H30N4O6S. The smallest absolute Gasteiger partial charge is 0.338 e. The number of esters is 1. The van der Waals surface area contributed by atoms with Crippen LogP contribution in [0.1, 0.15) is 54.4 Å². The normalized spacial score (nSPS) is 15.3. The second kappa shape index (κ2) is 9.92. The van der Waals surface area contributed by atoms with Crippen LogP contribution in [0.3, 0.4) is 0 Å². The van der Waals surface area contributed by atoms with Gasteiger partial charge in [0.15, 0.2) is 6.10 Å². The third-order valence-electron chi connectivity index (χ3n) is 5.78. The molecule has 10 nitrogen and oxygen atoms in total. The fourth-order valence-electron chi connectivity index (χ4n) is 3.80. The number of carbonyl (C=O) groups excluding carboxylic acids is 2. The number of nitrogens with zero attached hydrogens (tertiary/aromatic N) is 2.